The Morgan fingerprint density at radius 2 is 1.94 bits per heavy atom. The number of benzene rings is 1. The Labute approximate surface area is 109 Å². The van der Waals surface area contributed by atoms with Crippen LogP contribution < -0.4 is 0 Å². The van der Waals surface area contributed by atoms with Crippen molar-refractivity contribution >= 4 is 29.1 Å². The molecule has 0 aliphatic rings. The Morgan fingerprint density at radius 1 is 1.24 bits per heavy atom. The average molecular weight is 264 g/mol. The van der Waals surface area contributed by atoms with Gasteiger partial charge in [0.1, 0.15) is 0 Å². The molecule has 0 saturated carbocycles. The number of Topliss-reactive ketones (excluding diaryl/α,β-unsaturated/α-hetero) is 1. The quantitative estimate of drug-likeness (QED) is 0.782. The van der Waals surface area contributed by atoms with Crippen LogP contribution in [0, 0.1) is 0 Å². The lowest BCUT2D eigenvalue weighted by Gasteiger charge is -2.05. The topological polar surface area (TPSA) is 30.0 Å². The SMILES string of the molecule is CC(=O)c1ccc(Sc2ccncc2)c(Cl)c1. The summed E-state index contributed by atoms with van der Waals surface area (Å²) in [6.45, 7) is 1.53. The Hall–Kier alpha value is -1.32. The van der Waals surface area contributed by atoms with Crippen molar-refractivity contribution in [3.8, 4) is 0 Å². The van der Waals surface area contributed by atoms with Gasteiger partial charge >= 0.3 is 0 Å². The third-order valence-corrected chi connectivity index (χ3v) is 3.72. The summed E-state index contributed by atoms with van der Waals surface area (Å²) >= 11 is 7.69. The van der Waals surface area contributed by atoms with Gasteiger partial charge in [0, 0.05) is 27.7 Å². The van der Waals surface area contributed by atoms with Crippen LogP contribution in [-0.4, -0.2) is 10.8 Å². The third-order valence-electron chi connectivity index (χ3n) is 2.22. The maximum Gasteiger partial charge on any atom is 0.159 e. The Bertz CT molecular complexity index is 542. The number of ketones is 1. The van der Waals surface area contributed by atoms with Gasteiger partial charge in [-0.3, -0.25) is 9.78 Å². The first-order valence-corrected chi connectivity index (χ1v) is 6.24. The van der Waals surface area contributed by atoms with Gasteiger partial charge in [0.2, 0.25) is 0 Å². The van der Waals surface area contributed by atoms with Crippen LogP contribution in [0.1, 0.15) is 17.3 Å². The fourth-order valence-corrected chi connectivity index (χ4v) is 2.44. The number of nitrogens with zero attached hydrogens (tertiary/aromatic N) is 1. The number of rotatable bonds is 3. The van der Waals surface area contributed by atoms with E-state index < -0.39 is 0 Å². The monoisotopic (exact) mass is 263 g/mol. The van der Waals surface area contributed by atoms with Crippen LogP contribution in [0.15, 0.2) is 52.5 Å². The summed E-state index contributed by atoms with van der Waals surface area (Å²) in [4.78, 5) is 17.1. The maximum atomic E-state index is 11.2. The molecule has 2 aromatic rings. The lowest BCUT2D eigenvalue weighted by Crippen LogP contribution is -1.91. The standard InChI is InChI=1S/C13H10ClNOS/c1-9(16)10-2-3-13(12(14)8-10)17-11-4-6-15-7-5-11/h2-8H,1H3. The first kappa shape index (κ1) is 12.1. The zero-order valence-electron chi connectivity index (χ0n) is 9.18. The van der Waals surface area contributed by atoms with E-state index in [1.807, 2.05) is 18.2 Å². The number of hydrogen-bond acceptors (Lipinski definition) is 3. The predicted octanol–water partition coefficient (Wildman–Crippen LogP) is 4.09. The van der Waals surface area contributed by atoms with Crippen LogP contribution >= 0.6 is 23.4 Å². The Kier molecular flexibility index (Phi) is 3.82. The van der Waals surface area contributed by atoms with Gasteiger partial charge in [0.05, 0.1) is 5.02 Å². The molecule has 1 heterocycles. The van der Waals surface area contributed by atoms with Crippen LogP contribution in [0.4, 0.5) is 0 Å². The highest BCUT2D eigenvalue weighted by atomic mass is 35.5. The zero-order chi connectivity index (χ0) is 12.3. The Morgan fingerprint density at radius 3 is 2.53 bits per heavy atom. The van der Waals surface area contributed by atoms with Gasteiger partial charge in [0.15, 0.2) is 5.78 Å². The summed E-state index contributed by atoms with van der Waals surface area (Å²) in [5.74, 6) is 0.0207. The third kappa shape index (κ3) is 3.08. The highest BCUT2D eigenvalue weighted by Crippen LogP contribution is 2.33. The van der Waals surface area contributed by atoms with E-state index in [4.69, 9.17) is 11.6 Å². The first-order chi connectivity index (χ1) is 8.16. The van der Waals surface area contributed by atoms with E-state index in [0.29, 0.717) is 10.6 Å². The molecule has 0 aliphatic heterocycles. The second kappa shape index (κ2) is 5.34. The van der Waals surface area contributed by atoms with Crippen LogP contribution in [0.3, 0.4) is 0 Å². The molecule has 2 rings (SSSR count). The van der Waals surface area contributed by atoms with E-state index in [9.17, 15) is 4.79 Å². The van der Waals surface area contributed by atoms with E-state index in [1.165, 1.54) is 6.92 Å². The highest BCUT2D eigenvalue weighted by Gasteiger charge is 2.06. The van der Waals surface area contributed by atoms with Gasteiger partial charge in [-0.05, 0) is 31.2 Å². The second-order valence-corrected chi connectivity index (χ2v) is 5.01. The van der Waals surface area contributed by atoms with Crippen molar-refractivity contribution in [2.75, 3.05) is 0 Å². The number of aromatic nitrogens is 1. The number of hydrogen-bond donors (Lipinski definition) is 0. The van der Waals surface area contributed by atoms with E-state index in [1.54, 1.807) is 36.3 Å². The molecule has 0 unspecified atom stereocenters. The largest absolute Gasteiger partial charge is 0.295 e. The van der Waals surface area contributed by atoms with Gasteiger partial charge in [-0.1, -0.05) is 29.4 Å². The van der Waals surface area contributed by atoms with Crippen molar-refractivity contribution in [3.05, 3.63) is 53.3 Å². The molecule has 0 fully saturated rings. The summed E-state index contributed by atoms with van der Waals surface area (Å²) in [6, 6.07) is 9.19. The minimum atomic E-state index is 0.0207. The van der Waals surface area contributed by atoms with E-state index >= 15 is 0 Å². The van der Waals surface area contributed by atoms with Gasteiger partial charge in [-0.2, -0.15) is 0 Å². The van der Waals surface area contributed by atoms with E-state index in [-0.39, 0.29) is 5.78 Å². The smallest absolute Gasteiger partial charge is 0.159 e. The number of carbonyl (C=O) groups excluding carboxylic acids is 1. The van der Waals surface area contributed by atoms with E-state index in [2.05, 4.69) is 4.98 Å². The molecule has 1 aromatic carbocycles. The molecule has 0 amide bonds. The number of halogens is 1. The number of pyridine rings is 1. The molecule has 0 atom stereocenters. The van der Waals surface area contributed by atoms with E-state index in [0.717, 1.165) is 9.79 Å². The van der Waals surface area contributed by atoms with Crippen molar-refractivity contribution in [2.24, 2.45) is 0 Å². The first-order valence-electron chi connectivity index (χ1n) is 5.05. The molecule has 0 radical (unpaired) electrons. The molecule has 2 nitrogen and oxygen atoms in total. The molecule has 0 saturated heterocycles. The average Bonchev–Trinajstić information content (AvgIpc) is 2.33. The lowest BCUT2D eigenvalue weighted by atomic mass is 10.1. The van der Waals surface area contributed by atoms with Crippen LogP contribution in [0.5, 0.6) is 0 Å². The molecular formula is C13H10ClNOS. The predicted molar refractivity (Wildman–Crippen MR) is 69.8 cm³/mol. The molecular weight excluding hydrogens is 254 g/mol. The normalized spacial score (nSPS) is 10.2. The molecule has 0 N–H and O–H groups in total. The summed E-state index contributed by atoms with van der Waals surface area (Å²) < 4.78 is 0. The van der Waals surface area contributed by atoms with Gasteiger partial charge in [-0.15, -0.1) is 0 Å². The maximum absolute atomic E-state index is 11.2. The fourth-order valence-electron chi connectivity index (χ4n) is 1.34. The molecule has 86 valence electrons. The van der Waals surface area contributed by atoms with Crippen molar-refractivity contribution in [1.82, 2.24) is 4.98 Å². The molecule has 1 aromatic heterocycles. The molecule has 0 bridgehead atoms. The fraction of sp³-hybridized carbons (Fsp3) is 0.0769. The van der Waals surface area contributed by atoms with Crippen LogP contribution in [-0.2, 0) is 0 Å². The molecule has 17 heavy (non-hydrogen) atoms. The second-order valence-electron chi connectivity index (χ2n) is 3.49. The summed E-state index contributed by atoms with van der Waals surface area (Å²) in [7, 11) is 0. The molecule has 4 heteroatoms. The highest BCUT2D eigenvalue weighted by molar-refractivity contribution is 7.99. The zero-order valence-corrected chi connectivity index (χ0v) is 10.8. The number of carbonyl (C=O) groups is 1. The Balaban J connectivity index is 2.26. The lowest BCUT2D eigenvalue weighted by molar-refractivity contribution is 0.101. The van der Waals surface area contributed by atoms with Crippen LogP contribution in [0.2, 0.25) is 5.02 Å². The summed E-state index contributed by atoms with van der Waals surface area (Å²) in [5.41, 5.74) is 0.633. The summed E-state index contributed by atoms with van der Waals surface area (Å²) in [5, 5.41) is 0.597. The molecule has 0 spiro atoms. The van der Waals surface area contributed by atoms with Gasteiger partial charge < -0.3 is 0 Å². The van der Waals surface area contributed by atoms with Crippen molar-refractivity contribution in [1.29, 1.82) is 0 Å². The van der Waals surface area contributed by atoms with Crippen molar-refractivity contribution < 1.29 is 4.79 Å². The van der Waals surface area contributed by atoms with Crippen molar-refractivity contribution in [2.45, 2.75) is 16.7 Å². The minimum Gasteiger partial charge on any atom is -0.295 e. The summed E-state index contributed by atoms with van der Waals surface area (Å²) in [6.07, 6.45) is 3.47. The van der Waals surface area contributed by atoms with Crippen LogP contribution in [0.25, 0.3) is 0 Å². The molecule has 0 aliphatic carbocycles. The van der Waals surface area contributed by atoms with Crippen molar-refractivity contribution in [3.63, 3.8) is 0 Å². The van der Waals surface area contributed by atoms with Gasteiger partial charge in [0.25, 0.3) is 0 Å². The minimum absolute atomic E-state index is 0.0207. The van der Waals surface area contributed by atoms with Gasteiger partial charge in [-0.25, -0.2) is 0 Å².